The number of nitro groups is 1. The number of hydrogen-bond donors (Lipinski definition) is 0. The van der Waals surface area contributed by atoms with Crippen molar-refractivity contribution in [2.75, 3.05) is 6.61 Å². The standard InChI is InChI=1S/C20H19N3O5/c24-19-17-8-1-2-9-18(17)21(12-14-5-3-6-15(11-14)23(26)27)20(25)22(19)13-16-7-4-10-28-16/h1-3,5-6,8-9,11,16H,4,7,10,12-13H2/t16-/m1/s1. The molecule has 2 aromatic carbocycles. The number of non-ortho nitro benzene ring substituents is 1. The lowest BCUT2D eigenvalue weighted by atomic mass is 10.1. The molecule has 1 fully saturated rings. The van der Waals surface area contributed by atoms with Gasteiger partial charge in [0.2, 0.25) is 0 Å². The summed E-state index contributed by atoms with van der Waals surface area (Å²) in [5.41, 5.74) is 0.302. The third-order valence-electron chi connectivity index (χ3n) is 5.00. The molecule has 3 aromatic rings. The van der Waals surface area contributed by atoms with E-state index in [0.29, 0.717) is 23.1 Å². The number of benzene rings is 2. The van der Waals surface area contributed by atoms with E-state index in [2.05, 4.69) is 0 Å². The van der Waals surface area contributed by atoms with Crippen molar-refractivity contribution in [3.8, 4) is 0 Å². The van der Waals surface area contributed by atoms with Crippen LogP contribution in [-0.2, 0) is 17.8 Å². The molecule has 1 aliphatic rings. The summed E-state index contributed by atoms with van der Waals surface area (Å²) in [5, 5.41) is 11.5. The van der Waals surface area contributed by atoms with Gasteiger partial charge in [-0.2, -0.15) is 0 Å². The van der Waals surface area contributed by atoms with Crippen molar-refractivity contribution in [2.45, 2.75) is 32.0 Å². The number of aromatic nitrogens is 2. The van der Waals surface area contributed by atoms with E-state index in [-0.39, 0.29) is 30.4 Å². The molecule has 28 heavy (non-hydrogen) atoms. The minimum atomic E-state index is -0.470. The summed E-state index contributed by atoms with van der Waals surface area (Å²) < 4.78 is 8.31. The lowest BCUT2D eigenvalue weighted by Gasteiger charge is -2.16. The number of fused-ring (bicyclic) bond motifs is 1. The molecule has 0 N–H and O–H groups in total. The molecule has 1 aliphatic heterocycles. The molecule has 1 saturated heterocycles. The molecular formula is C20H19N3O5. The van der Waals surface area contributed by atoms with Crippen molar-refractivity contribution in [3.05, 3.63) is 85.0 Å². The normalized spacial score (nSPS) is 16.5. The van der Waals surface area contributed by atoms with Crippen molar-refractivity contribution < 1.29 is 9.66 Å². The molecule has 144 valence electrons. The SMILES string of the molecule is O=c1c2ccccc2n(Cc2cccc([N+](=O)[O-])c2)c(=O)n1C[C@H]1CCCO1. The van der Waals surface area contributed by atoms with Crippen LogP contribution in [0.2, 0.25) is 0 Å². The van der Waals surface area contributed by atoms with E-state index in [4.69, 9.17) is 4.74 Å². The van der Waals surface area contributed by atoms with Crippen LogP contribution in [0.25, 0.3) is 10.9 Å². The third kappa shape index (κ3) is 3.34. The molecule has 0 spiro atoms. The molecule has 0 amide bonds. The van der Waals surface area contributed by atoms with Crippen molar-refractivity contribution >= 4 is 16.6 Å². The first kappa shape index (κ1) is 18.1. The Hall–Kier alpha value is -3.26. The van der Waals surface area contributed by atoms with E-state index in [1.807, 2.05) is 0 Å². The molecule has 0 unspecified atom stereocenters. The first-order valence-corrected chi connectivity index (χ1v) is 9.12. The maximum atomic E-state index is 13.2. The summed E-state index contributed by atoms with van der Waals surface area (Å²) in [7, 11) is 0. The van der Waals surface area contributed by atoms with Crippen LogP contribution in [-0.4, -0.2) is 26.8 Å². The van der Waals surface area contributed by atoms with Gasteiger partial charge in [0.1, 0.15) is 0 Å². The molecule has 1 aromatic heterocycles. The topological polar surface area (TPSA) is 96.4 Å². The van der Waals surface area contributed by atoms with Crippen LogP contribution in [0.5, 0.6) is 0 Å². The molecule has 8 nitrogen and oxygen atoms in total. The van der Waals surface area contributed by atoms with Gasteiger partial charge >= 0.3 is 5.69 Å². The fourth-order valence-electron chi connectivity index (χ4n) is 3.63. The second-order valence-electron chi connectivity index (χ2n) is 6.86. The van der Waals surface area contributed by atoms with Crippen molar-refractivity contribution in [1.29, 1.82) is 0 Å². The molecule has 0 aliphatic carbocycles. The van der Waals surface area contributed by atoms with Crippen LogP contribution in [0.4, 0.5) is 5.69 Å². The lowest BCUT2D eigenvalue weighted by molar-refractivity contribution is -0.384. The number of hydrogen-bond acceptors (Lipinski definition) is 5. The summed E-state index contributed by atoms with van der Waals surface area (Å²) in [6.45, 7) is 0.971. The number of nitrogens with zero attached hydrogens (tertiary/aromatic N) is 3. The monoisotopic (exact) mass is 381 g/mol. The van der Waals surface area contributed by atoms with Gasteiger partial charge in [0.25, 0.3) is 11.2 Å². The van der Waals surface area contributed by atoms with Gasteiger partial charge in [-0.05, 0) is 30.5 Å². The van der Waals surface area contributed by atoms with E-state index in [0.717, 1.165) is 12.8 Å². The van der Waals surface area contributed by atoms with Gasteiger partial charge in [0.05, 0.1) is 35.0 Å². The fraction of sp³-hybridized carbons (Fsp3) is 0.300. The highest BCUT2D eigenvalue weighted by molar-refractivity contribution is 5.77. The third-order valence-corrected chi connectivity index (χ3v) is 5.00. The summed E-state index contributed by atoms with van der Waals surface area (Å²) in [6.07, 6.45) is 1.57. The Labute approximate surface area is 159 Å². The zero-order valence-corrected chi connectivity index (χ0v) is 15.1. The highest BCUT2D eigenvalue weighted by Crippen LogP contribution is 2.17. The minimum Gasteiger partial charge on any atom is -0.376 e. The molecule has 0 saturated carbocycles. The van der Waals surface area contributed by atoms with E-state index in [9.17, 15) is 19.7 Å². The summed E-state index contributed by atoms with van der Waals surface area (Å²) in [5.74, 6) is 0. The predicted molar refractivity (Wildman–Crippen MR) is 104 cm³/mol. The summed E-state index contributed by atoms with van der Waals surface area (Å²) in [6, 6.07) is 13.1. The van der Waals surface area contributed by atoms with Crippen LogP contribution in [0.3, 0.4) is 0 Å². The van der Waals surface area contributed by atoms with Crippen LogP contribution in [0.15, 0.2) is 58.1 Å². The van der Waals surface area contributed by atoms with Crippen molar-refractivity contribution in [3.63, 3.8) is 0 Å². The second kappa shape index (κ2) is 7.40. The Kier molecular flexibility index (Phi) is 4.79. The van der Waals surface area contributed by atoms with Crippen LogP contribution in [0.1, 0.15) is 18.4 Å². The number of ether oxygens (including phenoxy) is 1. The molecule has 0 radical (unpaired) electrons. The minimum absolute atomic E-state index is 0.0393. The second-order valence-corrected chi connectivity index (χ2v) is 6.86. The van der Waals surface area contributed by atoms with Gasteiger partial charge in [-0.15, -0.1) is 0 Å². The van der Waals surface area contributed by atoms with E-state index < -0.39 is 10.6 Å². The van der Waals surface area contributed by atoms with Gasteiger partial charge < -0.3 is 4.74 Å². The average molecular weight is 381 g/mol. The van der Waals surface area contributed by atoms with E-state index >= 15 is 0 Å². The molecule has 8 heteroatoms. The Bertz CT molecular complexity index is 1160. The number of rotatable bonds is 5. The predicted octanol–water partition coefficient (Wildman–Crippen LogP) is 2.30. The number of nitro benzene ring substituents is 1. The van der Waals surface area contributed by atoms with E-state index in [1.165, 1.54) is 21.3 Å². The van der Waals surface area contributed by atoms with Gasteiger partial charge in [0.15, 0.2) is 0 Å². The van der Waals surface area contributed by atoms with Gasteiger partial charge in [-0.3, -0.25) is 24.0 Å². The zero-order chi connectivity index (χ0) is 19.7. The number of para-hydroxylation sites is 1. The molecule has 1 atom stereocenters. The van der Waals surface area contributed by atoms with Gasteiger partial charge in [-0.1, -0.05) is 24.3 Å². The fourth-order valence-corrected chi connectivity index (χ4v) is 3.63. The Morgan fingerprint density at radius 3 is 2.68 bits per heavy atom. The quantitative estimate of drug-likeness (QED) is 0.499. The van der Waals surface area contributed by atoms with Crippen LogP contribution in [0, 0.1) is 10.1 Å². The Morgan fingerprint density at radius 2 is 1.93 bits per heavy atom. The average Bonchev–Trinajstić information content (AvgIpc) is 3.22. The van der Waals surface area contributed by atoms with E-state index in [1.54, 1.807) is 36.4 Å². The zero-order valence-electron chi connectivity index (χ0n) is 15.1. The highest BCUT2D eigenvalue weighted by Gasteiger charge is 2.20. The van der Waals surface area contributed by atoms with Crippen molar-refractivity contribution in [2.24, 2.45) is 0 Å². The highest BCUT2D eigenvalue weighted by atomic mass is 16.6. The lowest BCUT2D eigenvalue weighted by Crippen LogP contribution is -2.42. The van der Waals surface area contributed by atoms with Crippen LogP contribution >= 0.6 is 0 Å². The largest absolute Gasteiger partial charge is 0.376 e. The Morgan fingerprint density at radius 1 is 1.11 bits per heavy atom. The smallest absolute Gasteiger partial charge is 0.331 e. The maximum Gasteiger partial charge on any atom is 0.331 e. The molecule has 4 rings (SSSR count). The summed E-state index contributed by atoms with van der Waals surface area (Å²) in [4.78, 5) is 36.6. The molecule has 0 bridgehead atoms. The Balaban J connectivity index is 1.84. The van der Waals surface area contributed by atoms with Crippen molar-refractivity contribution in [1.82, 2.24) is 9.13 Å². The van der Waals surface area contributed by atoms with Gasteiger partial charge in [-0.25, -0.2) is 4.79 Å². The maximum absolute atomic E-state index is 13.2. The van der Waals surface area contributed by atoms with Gasteiger partial charge in [0, 0.05) is 18.7 Å². The molecule has 2 heterocycles. The first-order valence-electron chi connectivity index (χ1n) is 9.12. The van der Waals surface area contributed by atoms with Crippen LogP contribution < -0.4 is 11.2 Å². The summed E-state index contributed by atoms with van der Waals surface area (Å²) >= 11 is 0. The molecular weight excluding hydrogens is 362 g/mol. The first-order chi connectivity index (χ1) is 13.5.